The second-order valence-electron chi connectivity index (χ2n) is 12.6. The molecular formula is C34H43N5O5. The Bertz CT molecular complexity index is 1380. The van der Waals surface area contributed by atoms with Crippen LogP contribution in [0.4, 0.5) is 11.4 Å². The van der Waals surface area contributed by atoms with Gasteiger partial charge in [-0.15, -0.1) is 0 Å². The molecule has 0 radical (unpaired) electrons. The molecule has 3 N–H and O–H groups in total. The van der Waals surface area contributed by atoms with Gasteiger partial charge < -0.3 is 25.2 Å². The van der Waals surface area contributed by atoms with E-state index in [1.54, 1.807) is 0 Å². The van der Waals surface area contributed by atoms with Crippen LogP contribution in [0, 0.1) is 11.8 Å². The molecule has 1 unspecified atom stereocenters. The van der Waals surface area contributed by atoms with Crippen LogP contribution in [0.25, 0.3) is 0 Å². The average molecular weight is 602 g/mol. The minimum absolute atomic E-state index is 0.0496. The number of rotatable bonds is 9. The van der Waals surface area contributed by atoms with Gasteiger partial charge >= 0.3 is 0 Å². The Balaban J connectivity index is 0.877. The molecule has 10 heteroatoms. The molecule has 0 aliphatic carbocycles. The number of benzene rings is 2. The number of aryl methyl sites for hydroxylation is 1. The summed E-state index contributed by atoms with van der Waals surface area (Å²) in [6.07, 6.45) is 6.20. The largest absolute Gasteiger partial charge is 0.492 e. The number of hydrogen-bond donors (Lipinski definition) is 3. The number of hydrogen-bond acceptors (Lipinski definition) is 7. The van der Waals surface area contributed by atoms with Gasteiger partial charge in [0.25, 0.3) is 0 Å². The lowest BCUT2D eigenvalue weighted by Gasteiger charge is -2.38. The molecular weight excluding hydrogens is 558 g/mol. The van der Waals surface area contributed by atoms with Crippen LogP contribution in [0.15, 0.2) is 42.5 Å². The van der Waals surface area contributed by atoms with Crippen molar-refractivity contribution in [1.29, 1.82) is 0 Å². The molecule has 0 saturated carbocycles. The minimum Gasteiger partial charge on any atom is -0.492 e. The summed E-state index contributed by atoms with van der Waals surface area (Å²) < 4.78 is 5.85. The highest BCUT2D eigenvalue weighted by Crippen LogP contribution is 2.31. The normalized spacial score (nSPS) is 21.8. The predicted octanol–water partition coefficient (Wildman–Crippen LogP) is 3.22. The lowest BCUT2D eigenvalue weighted by Crippen LogP contribution is -2.44. The van der Waals surface area contributed by atoms with Crippen LogP contribution < -0.4 is 25.6 Å². The van der Waals surface area contributed by atoms with Gasteiger partial charge in [-0.3, -0.25) is 24.5 Å². The van der Waals surface area contributed by atoms with E-state index in [0.717, 1.165) is 93.1 Å². The Kier molecular flexibility index (Phi) is 9.45. The molecule has 0 bridgehead atoms. The van der Waals surface area contributed by atoms with Crippen molar-refractivity contribution in [3.05, 3.63) is 53.6 Å². The number of nitrogens with zero attached hydrogens (tertiary/aromatic N) is 2. The van der Waals surface area contributed by atoms with E-state index in [4.69, 9.17) is 4.74 Å². The van der Waals surface area contributed by atoms with E-state index in [-0.39, 0.29) is 35.5 Å². The Morgan fingerprint density at radius 3 is 2.45 bits per heavy atom. The van der Waals surface area contributed by atoms with Crippen LogP contribution in [0.5, 0.6) is 5.75 Å². The van der Waals surface area contributed by atoms with Gasteiger partial charge in [-0.25, -0.2) is 0 Å². The third-order valence-corrected chi connectivity index (χ3v) is 9.61. The molecule has 4 amide bonds. The number of anilines is 2. The summed E-state index contributed by atoms with van der Waals surface area (Å²) in [5.74, 6) is 1.00. The summed E-state index contributed by atoms with van der Waals surface area (Å²) in [6.45, 7) is 5.86. The standard InChI is InChI=1S/C34H43N5O5/c40-31-8-4-26-21-28(5-7-30(26)36-31)44-19-14-35-33(42)24-12-15-38(16-13-24)22-23-10-17-39(18-11-23)27-3-1-2-25(20-27)29-6-9-32(41)37-34(29)43/h1-3,5,7,20-21,23-24,29H,4,6,8-19,22H2,(H,35,42)(H,36,40)(H,37,41,43). The number of piperidine rings is 3. The molecule has 44 heavy (non-hydrogen) atoms. The van der Waals surface area contributed by atoms with E-state index < -0.39 is 0 Å². The van der Waals surface area contributed by atoms with Crippen LogP contribution in [-0.2, 0) is 25.6 Å². The van der Waals surface area contributed by atoms with E-state index in [0.29, 0.717) is 38.3 Å². The fraction of sp³-hybridized carbons (Fsp3) is 0.529. The number of imide groups is 1. The number of nitrogens with one attached hydrogen (secondary N) is 3. The van der Waals surface area contributed by atoms with Crippen LogP contribution in [0.2, 0.25) is 0 Å². The van der Waals surface area contributed by atoms with Crippen molar-refractivity contribution in [2.45, 2.75) is 57.3 Å². The molecule has 4 heterocycles. The molecule has 234 valence electrons. The molecule has 2 aromatic rings. The van der Waals surface area contributed by atoms with Crippen molar-refractivity contribution in [3.63, 3.8) is 0 Å². The smallest absolute Gasteiger partial charge is 0.234 e. The monoisotopic (exact) mass is 601 g/mol. The van der Waals surface area contributed by atoms with Crippen molar-refractivity contribution >= 4 is 35.0 Å². The van der Waals surface area contributed by atoms with Gasteiger partial charge in [0.2, 0.25) is 23.6 Å². The molecule has 0 spiro atoms. The highest BCUT2D eigenvalue weighted by molar-refractivity contribution is 6.01. The SMILES string of the molecule is O=C1CCC(c2cccc(N3CCC(CN4CCC(C(=O)NCCOc5ccc6c(c5)CCC(=O)N6)CC4)CC3)c2)C(=O)N1. The van der Waals surface area contributed by atoms with Gasteiger partial charge in [0, 0.05) is 49.8 Å². The zero-order chi connectivity index (χ0) is 30.5. The number of likely N-dealkylation sites (tertiary alicyclic amines) is 1. The Hall–Kier alpha value is -3.92. The second-order valence-corrected chi connectivity index (χ2v) is 12.6. The van der Waals surface area contributed by atoms with Crippen LogP contribution in [-0.4, -0.2) is 74.4 Å². The number of fused-ring (bicyclic) bond motifs is 1. The highest BCUT2D eigenvalue weighted by Gasteiger charge is 2.30. The first-order chi connectivity index (χ1) is 21.4. The fourth-order valence-electron chi connectivity index (χ4n) is 7.00. The summed E-state index contributed by atoms with van der Waals surface area (Å²) in [7, 11) is 0. The third-order valence-electron chi connectivity index (χ3n) is 9.61. The first-order valence-electron chi connectivity index (χ1n) is 16.2. The predicted molar refractivity (Wildman–Crippen MR) is 168 cm³/mol. The Morgan fingerprint density at radius 1 is 0.864 bits per heavy atom. The van der Waals surface area contributed by atoms with Gasteiger partial charge in [0.15, 0.2) is 0 Å². The average Bonchev–Trinajstić information content (AvgIpc) is 3.04. The Morgan fingerprint density at radius 2 is 1.66 bits per heavy atom. The van der Waals surface area contributed by atoms with E-state index in [1.165, 1.54) is 0 Å². The fourth-order valence-corrected chi connectivity index (χ4v) is 7.00. The quantitative estimate of drug-likeness (QED) is 0.298. The Labute approximate surface area is 258 Å². The van der Waals surface area contributed by atoms with Gasteiger partial charge in [0.05, 0.1) is 12.5 Å². The number of amides is 4. The minimum atomic E-state index is -0.254. The van der Waals surface area contributed by atoms with Crippen molar-refractivity contribution in [3.8, 4) is 5.75 Å². The molecule has 1 atom stereocenters. The molecule has 6 rings (SSSR count). The topological polar surface area (TPSA) is 120 Å². The summed E-state index contributed by atoms with van der Waals surface area (Å²) in [4.78, 5) is 53.2. The van der Waals surface area contributed by atoms with Gasteiger partial charge in [-0.05, 0) is 99.0 Å². The van der Waals surface area contributed by atoms with Crippen molar-refractivity contribution in [2.24, 2.45) is 11.8 Å². The first kappa shape index (κ1) is 30.1. The second kappa shape index (κ2) is 13.8. The maximum absolute atomic E-state index is 12.8. The van der Waals surface area contributed by atoms with Crippen LogP contribution in [0.3, 0.4) is 0 Å². The molecule has 0 aromatic heterocycles. The first-order valence-corrected chi connectivity index (χ1v) is 16.2. The highest BCUT2D eigenvalue weighted by atomic mass is 16.5. The zero-order valence-electron chi connectivity index (χ0n) is 25.3. The molecule has 2 aromatic carbocycles. The maximum atomic E-state index is 12.8. The van der Waals surface area contributed by atoms with Crippen LogP contribution in [0.1, 0.15) is 62.0 Å². The zero-order valence-corrected chi connectivity index (χ0v) is 25.3. The third kappa shape index (κ3) is 7.41. The van der Waals surface area contributed by atoms with Gasteiger partial charge in [0.1, 0.15) is 12.4 Å². The van der Waals surface area contributed by atoms with Crippen molar-refractivity contribution in [2.75, 3.05) is 56.1 Å². The van der Waals surface area contributed by atoms with Crippen molar-refractivity contribution in [1.82, 2.24) is 15.5 Å². The number of carbonyl (C=O) groups excluding carboxylic acids is 4. The number of carbonyl (C=O) groups is 4. The lowest BCUT2D eigenvalue weighted by atomic mass is 9.89. The summed E-state index contributed by atoms with van der Waals surface area (Å²) in [6, 6.07) is 14.0. The summed E-state index contributed by atoms with van der Waals surface area (Å²) in [5, 5.41) is 8.41. The summed E-state index contributed by atoms with van der Waals surface area (Å²) in [5.41, 5.74) is 4.08. The van der Waals surface area contributed by atoms with E-state index in [1.807, 2.05) is 30.3 Å². The molecule has 3 fully saturated rings. The molecule has 3 saturated heterocycles. The summed E-state index contributed by atoms with van der Waals surface area (Å²) >= 11 is 0. The lowest BCUT2D eigenvalue weighted by molar-refractivity contribution is -0.134. The van der Waals surface area contributed by atoms with E-state index in [2.05, 4.69) is 37.9 Å². The molecule has 10 nitrogen and oxygen atoms in total. The van der Waals surface area contributed by atoms with Crippen LogP contribution >= 0.6 is 0 Å². The maximum Gasteiger partial charge on any atom is 0.234 e. The van der Waals surface area contributed by atoms with Gasteiger partial charge in [-0.2, -0.15) is 0 Å². The molecule has 4 aliphatic heterocycles. The van der Waals surface area contributed by atoms with Crippen molar-refractivity contribution < 1.29 is 23.9 Å². The van der Waals surface area contributed by atoms with E-state index >= 15 is 0 Å². The van der Waals surface area contributed by atoms with Gasteiger partial charge in [-0.1, -0.05) is 12.1 Å². The molecule has 4 aliphatic rings. The number of ether oxygens (including phenoxy) is 1. The van der Waals surface area contributed by atoms with E-state index in [9.17, 15) is 19.2 Å².